The van der Waals surface area contributed by atoms with Gasteiger partial charge in [-0.3, -0.25) is 4.79 Å². The van der Waals surface area contributed by atoms with Gasteiger partial charge in [0.2, 0.25) is 0 Å². The maximum Gasteiger partial charge on any atom is 0.416 e. The predicted molar refractivity (Wildman–Crippen MR) is 86.7 cm³/mol. The third-order valence-electron chi connectivity index (χ3n) is 3.31. The summed E-state index contributed by atoms with van der Waals surface area (Å²) in [4.78, 5) is 22.2. The Kier molecular flexibility index (Phi) is 7.16. The largest absolute Gasteiger partial charge is 0.444 e. The van der Waals surface area contributed by atoms with Crippen molar-refractivity contribution in [2.75, 3.05) is 6.54 Å². The lowest BCUT2D eigenvalue weighted by Gasteiger charge is -2.23. The number of rotatable bonds is 6. The Hall–Kier alpha value is -2.13. The number of halogens is 3. The average molecular weight is 377 g/mol. The molecule has 0 spiro atoms. The summed E-state index contributed by atoms with van der Waals surface area (Å²) in [7, 11) is 0. The van der Waals surface area contributed by atoms with E-state index in [0.717, 1.165) is 12.1 Å². The molecular formula is C17H22F3NO5. The summed E-state index contributed by atoms with van der Waals surface area (Å²) in [5.74, 6) is 0. The first-order chi connectivity index (χ1) is 11.8. The number of nitrogens with one attached hydrogen (secondary N) is 1. The molecule has 1 rings (SSSR count). The minimum atomic E-state index is -4.80. The lowest BCUT2D eigenvalue weighted by atomic mass is 9.95. The van der Waals surface area contributed by atoms with E-state index in [2.05, 4.69) is 5.32 Å². The zero-order chi connectivity index (χ0) is 20.1. The molecule has 0 aromatic heterocycles. The molecule has 3 N–H and O–H groups in total. The van der Waals surface area contributed by atoms with Gasteiger partial charge in [-0.15, -0.1) is 0 Å². The molecule has 0 saturated carbocycles. The summed E-state index contributed by atoms with van der Waals surface area (Å²) in [5.41, 5.74) is -2.67. The van der Waals surface area contributed by atoms with E-state index in [1.165, 1.54) is 0 Å². The van der Waals surface area contributed by atoms with Crippen molar-refractivity contribution in [3.05, 3.63) is 34.9 Å². The van der Waals surface area contributed by atoms with Crippen molar-refractivity contribution >= 4 is 12.4 Å². The first-order valence-electron chi connectivity index (χ1n) is 7.84. The molecule has 1 aromatic carbocycles. The molecule has 0 aliphatic heterocycles. The fourth-order valence-corrected chi connectivity index (χ4v) is 2.15. The van der Waals surface area contributed by atoms with Crippen LogP contribution >= 0.6 is 0 Å². The van der Waals surface area contributed by atoms with E-state index in [0.29, 0.717) is 6.07 Å². The zero-order valence-corrected chi connectivity index (χ0v) is 14.6. The van der Waals surface area contributed by atoms with Crippen LogP contribution in [0.3, 0.4) is 0 Å². The number of carbonyl (C=O) groups is 2. The molecular weight excluding hydrogens is 355 g/mol. The molecule has 6 nitrogen and oxygen atoms in total. The quantitative estimate of drug-likeness (QED) is 0.663. The van der Waals surface area contributed by atoms with Gasteiger partial charge in [0, 0.05) is 12.1 Å². The van der Waals surface area contributed by atoms with Crippen LogP contribution in [0, 0.1) is 0 Å². The SMILES string of the molecule is CC(C)(C)OC(=O)NCCC(O)C(O)c1ccc(C=O)cc1C(F)(F)F. The van der Waals surface area contributed by atoms with Crippen LogP contribution in [0.1, 0.15) is 54.8 Å². The number of alkyl carbamates (subject to hydrolysis) is 1. The second kappa shape index (κ2) is 8.50. The lowest BCUT2D eigenvalue weighted by Crippen LogP contribution is -2.34. The van der Waals surface area contributed by atoms with Crippen molar-refractivity contribution < 1.29 is 37.7 Å². The van der Waals surface area contributed by atoms with E-state index in [9.17, 15) is 33.0 Å². The molecule has 1 aromatic rings. The molecule has 2 atom stereocenters. The van der Waals surface area contributed by atoms with Gasteiger partial charge in [-0.25, -0.2) is 4.79 Å². The molecule has 0 heterocycles. The van der Waals surface area contributed by atoms with Crippen molar-refractivity contribution in [3.63, 3.8) is 0 Å². The van der Waals surface area contributed by atoms with E-state index in [1.54, 1.807) is 20.8 Å². The van der Waals surface area contributed by atoms with Gasteiger partial charge in [-0.2, -0.15) is 13.2 Å². The number of aldehydes is 1. The normalized spacial score (nSPS) is 14.5. The van der Waals surface area contributed by atoms with Gasteiger partial charge < -0.3 is 20.3 Å². The summed E-state index contributed by atoms with van der Waals surface area (Å²) in [6.45, 7) is 4.87. The minimum absolute atomic E-state index is 0.110. The van der Waals surface area contributed by atoms with E-state index < -0.39 is 41.2 Å². The molecule has 2 unspecified atom stereocenters. The number of ether oxygens (including phenoxy) is 1. The van der Waals surface area contributed by atoms with Gasteiger partial charge >= 0.3 is 12.3 Å². The number of benzene rings is 1. The van der Waals surface area contributed by atoms with Crippen LogP contribution in [0.2, 0.25) is 0 Å². The first-order valence-corrected chi connectivity index (χ1v) is 7.84. The number of hydrogen-bond acceptors (Lipinski definition) is 5. The highest BCUT2D eigenvalue weighted by molar-refractivity contribution is 5.75. The smallest absolute Gasteiger partial charge is 0.416 e. The van der Waals surface area contributed by atoms with Crippen LogP contribution in [0.15, 0.2) is 18.2 Å². The molecule has 1 amide bonds. The Morgan fingerprint density at radius 2 is 1.88 bits per heavy atom. The average Bonchev–Trinajstić information content (AvgIpc) is 2.50. The Balaban J connectivity index is 2.78. The van der Waals surface area contributed by atoms with Crippen LogP contribution in [0.5, 0.6) is 0 Å². The standard InChI is InChI=1S/C17H22F3NO5/c1-16(2,3)26-15(25)21-7-6-13(23)14(24)11-5-4-10(9-22)8-12(11)17(18,19)20/h4-5,8-9,13-14,23-24H,6-7H2,1-3H3,(H,21,25). The van der Waals surface area contributed by atoms with E-state index >= 15 is 0 Å². The number of hydrogen-bond donors (Lipinski definition) is 3. The topological polar surface area (TPSA) is 95.9 Å². The van der Waals surface area contributed by atoms with Crippen molar-refractivity contribution in [1.29, 1.82) is 0 Å². The zero-order valence-electron chi connectivity index (χ0n) is 14.6. The van der Waals surface area contributed by atoms with Crippen molar-refractivity contribution in [2.24, 2.45) is 0 Å². The van der Waals surface area contributed by atoms with Gasteiger partial charge in [0.25, 0.3) is 0 Å². The van der Waals surface area contributed by atoms with E-state index in [4.69, 9.17) is 4.74 Å². The maximum atomic E-state index is 13.1. The third kappa shape index (κ3) is 6.64. The van der Waals surface area contributed by atoms with Crippen LogP contribution in [-0.2, 0) is 10.9 Å². The first kappa shape index (κ1) is 21.9. The number of aliphatic hydroxyl groups excluding tert-OH is 2. The molecule has 9 heteroatoms. The molecule has 0 bridgehead atoms. The number of alkyl halides is 3. The summed E-state index contributed by atoms with van der Waals surface area (Å²) in [5, 5.41) is 22.4. The van der Waals surface area contributed by atoms with Gasteiger partial charge in [0.05, 0.1) is 11.7 Å². The molecule has 0 radical (unpaired) electrons. The number of carbonyl (C=O) groups excluding carboxylic acids is 2. The molecule has 0 aliphatic rings. The van der Waals surface area contributed by atoms with Gasteiger partial charge in [-0.1, -0.05) is 12.1 Å². The van der Waals surface area contributed by atoms with Gasteiger partial charge in [0.15, 0.2) is 0 Å². The minimum Gasteiger partial charge on any atom is -0.444 e. The van der Waals surface area contributed by atoms with E-state index in [1.807, 2.05) is 0 Å². The highest BCUT2D eigenvalue weighted by Gasteiger charge is 2.36. The second-order valence-electron chi connectivity index (χ2n) is 6.69. The fourth-order valence-electron chi connectivity index (χ4n) is 2.15. The van der Waals surface area contributed by atoms with E-state index in [-0.39, 0.29) is 24.8 Å². The van der Waals surface area contributed by atoms with Gasteiger partial charge in [0.1, 0.15) is 18.0 Å². The molecule has 0 aliphatic carbocycles. The summed E-state index contributed by atoms with van der Waals surface area (Å²) < 4.78 is 44.3. The number of amides is 1. The lowest BCUT2D eigenvalue weighted by molar-refractivity contribution is -0.140. The Bertz CT molecular complexity index is 640. The molecule has 26 heavy (non-hydrogen) atoms. The summed E-state index contributed by atoms with van der Waals surface area (Å²) in [6, 6.07) is 2.67. The molecule has 0 fully saturated rings. The predicted octanol–water partition coefficient (Wildman–Crippen LogP) is 2.83. The summed E-state index contributed by atoms with van der Waals surface area (Å²) in [6.07, 6.45) is -8.89. The number of aliphatic hydroxyl groups is 2. The maximum absolute atomic E-state index is 13.1. The van der Waals surface area contributed by atoms with Crippen molar-refractivity contribution in [3.8, 4) is 0 Å². The van der Waals surface area contributed by atoms with Crippen molar-refractivity contribution in [1.82, 2.24) is 5.32 Å². The molecule has 146 valence electrons. The summed E-state index contributed by atoms with van der Waals surface area (Å²) >= 11 is 0. The molecule has 0 saturated heterocycles. The highest BCUT2D eigenvalue weighted by atomic mass is 19.4. The van der Waals surface area contributed by atoms with Gasteiger partial charge in [-0.05, 0) is 38.8 Å². The fraction of sp³-hybridized carbons (Fsp3) is 0.529. The van der Waals surface area contributed by atoms with Crippen LogP contribution < -0.4 is 5.32 Å². The highest BCUT2D eigenvalue weighted by Crippen LogP contribution is 2.36. The monoisotopic (exact) mass is 377 g/mol. The third-order valence-corrected chi connectivity index (χ3v) is 3.31. The Morgan fingerprint density at radius 3 is 2.38 bits per heavy atom. The Morgan fingerprint density at radius 1 is 1.27 bits per heavy atom. The van der Waals surface area contributed by atoms with Crippen molar-refractivity contribution in [2.45, 2.75) is 51.2 Å². The Labute approximate surface area is 149 Å². The van der Waals surface area contributed by atoms with Crippen LogP contribution in [0.4, 0.5) is 18.0 Å². The second-order valence-corrected chi connectivity index (χ2v) is 6.69. The van der Waals surface area contributed by atoms with Crippen LogP contribution in [-0.4, -0.2) is 40.8 Å². The van der Waals surface area contributed by atoms with Crippen LogP contribution in [0.25, 0.3) is 0 Å².